The summed E-state index contributed by atoms with van der Waals surface area (Å²) in [6.45, 7) is 4.33. The first kappa shape index (κ1) is 17.7. The van der Waals surface area contributed by atoms with Gasteiger partial charge in [-0.1, -0.05) is 0 Å². The third kappa shape index (κ3) is 4.66. The van der Waals surface area contributed by atoms with Crippen molar-refractivity contribution in [1.82, 2.24) is 30.4 Å². The zero-order valence-electron chi connectivity index (χ0n) is 13.4. The standard InChI is InChI=1S/C14H22N8.HI/c1-3-15-14(21-10-4-5-10)17-7-6-16-12-11-8-20-22(2)13(11)19-9-18-12;/h8-10H,3-7H2,1-2H3,(H2,15,17,21)(H,16,18,19);1H. The van der Waals surface area contributed by atoms with E-state index >= 15 is 0 Å². The first-order chi connectivity index (χ1) is 10.8. The first-order valence-corrected chi connectivity index (χ1v) is 7.69. The average molecular weight is 430 g/mol. The number of hydrogen-bond acceptors (Lipinski definition) is 5. The van der Waals surface area contributed by atoms with Gasteiger partial charge >= 0.3 is 0 Å². The Morgan fingerprint density at radius 2 is 2.22 bits per heavy atom. The third-order valence-corrected chi connectivity index (χ3v) is 3.47. The minimum absolute atomic E-state index is 0. The molecule has 1 aliphatic rings. The normalized spacial score (nSPS) is 14.4. The lowest BCUT2D eigenvalue weighted by Gasteiger charge is -2.10. The highest BCUT2D eigenvalue weighted by molar-refractivity contribution is 14.0. The Labute approximate surface area is 152 Å². The highest BCUT2D eigenvalue weighted by atomic mass is 127. The Morgan fingerprint density at radius 1 is 1.39 bits per heavy atom. The second-order valence-corrected chi connectivity index (χ2v) is 5.33. The second-order valence-electron chi connectivity index (χ2n) is 5.33. The zero-order valence-corrected chi connectivity index (χ0v) is 15.7. The fraction of sp³-hybridized carbons (Fsp3) is 0.571. The predicted molar refractivity (Wildman–Crippen MR) is 102 cm³/mol. The molecule has 8 nitrogen and oxygen atoms in total. The van der Waals surface area contributed by atoms with Crippen LogP contribution in [0.2, 0.25) is 0 Å². The van der Waals surface area contributed by atoms with Gasteiger partial charge in [-0.3, -0.25) is 9.67 Å². The number of nitrogens with one attached hydrogen (secondary N) is 3. The van der Waals surface area contributed by atoms with Gasteiger partial charge in [-0.15, -0.1) is 24.0 Å². The number of aromatic nitrogens is 4. The van der Waals surface area contributed by atoms with Gasteiger partial charge in [0.05, 0.1) is 18.1 Å². The van der Waals surface area contributed by atoms with Crippen LogP contribution < -0.4 is 16.0 Å². The van der Waals surface area contributed by atoms with Crippen LogP contribution in [0.25, 0.3) is 11.0 Å². The highest BCUT2D eigenvalue weighted by Crippen LogP contribution is 2.18. The SMILES string of the molecule is CCNC(=NCCNc1ncnc2c1cnn2C)NC1CC1.I. The molecule has 2 aromatic heterocycles. The van der Waals surface area contributed by atoms with E-state index in [1.165, 1.54) is 12.8 Å². The van der Waals surface area contributed by atoms with Crippen LogP contribution in [0.1, 0.15) is 19.8 Å². The van der Waals surface area contributed by atoms with E-state index in [0.717, 1.165) is 29.4 Å². The molecular formula is C14H23IN8. The van der Waals surface area contributed by atoms with Crippen LogP contribution in [0.5, 0.6) is 0 Å². The Balaban J connectivity index is 0.00000192. The summed E-state index contributed by atoms with van der Waals surface area (Å²) in [7, 11) is 1.87. The lowest BCUT2D eigenvalue weighted by atomic mass is 10.4. The van der Waals surface area contributed by atoms with Crippen LogP contribution in [0.4, 0.5) is 5.82 Å². The van der Waals surface area contributed by atoms with Gasteiger partial charge in [-0.25, -0.2) is 9.97 Å². The summed E-state index contributed by atoms with van der Waals surface area (Å²) in [4.78, 5) is 13.1. The molecule has 1 fully saturated rings. The van der Waals surface area contributed by atoms with Gasteiger partial charge in [0, 0.05) is 26.2 Å². The molecule has 1 saturated carbocycles. The number of fused-ring (bicyclic) bond motifs is 1. The Hall–Kier alpha value is -1.65. The molecule has 0 unspecified atom stereocenters. The van der Waals surface area contributed by atoms with Gasteiger partial charge in [0.1, 0.15) is 12.1 Å². The van der Waals surface area contributed by atoms with Crippen molar-refractivity contribution in [1.29, 1.82) is 0 Å². The lowest BCUT2D eigenvalue weighted by molar-refractivity contribution is 0.785. The van der Waals surface area contributed by atoms with E-state index < -0.39 is 0 Å². The first-order valence-electron chi connectivity index (χ1n) is 7.69. The minimum atomic E-state index is 0. The molecule has 3 N–H and O–H groups in total. The number of nitrogens with zero attached hydrogens (tertiary/aromatic N) is 5. The van der Waals surface area contributed by atoms with E-state index in [1.54, 1.807) is 17.2 Å². The van der Waals surface area contributed by atoms with Crippen LogP contribution in [0.15, 0.2) is 17.5 Å². The zero-order chi connectivity index (χ0) is 15.4. The van der Waals surface area contributed by atoms with E-state index in [2.05, 4.69) is 42.9 Å². The van der Waals surface area contributed by atoms with Gasteiger partial charge in [0.25, 0.3) is 0 Å². The van der Waals surface area contributed by atoms with Crippen molar-refractivity contribution in [2.24, 2.45) is 12.0 Å². The molecule has 0 amide bonds. The number of hydrogen-bond donors (Lipinski definition) is 3. The number of aliphatic imine (C=N–C) groups is 1. The summed E-state index contributed by atoms with van der Waals surface area (Å²) in [5.74, 6) is 1.69. The van der Waals surface area contributed by atoms with Crippen molar-refractivity contribution in [3.63, 3.8) is 0 Å². The molecule has 2 aromatic rings. The van der Waals surface area contributed by atoms with Crippen molar-refractivity contribution >= 4 is 46.8 Å². The van der Waals surface area contributed by atoms with Crippen molar-refractivity contribution in [3.8, 4) is 0 Å². The molecule has 3 rings (SSSR count). The third-order valence-electron chi connectivity index (χ3n) is 3.47. The van der Waals surface area contributed by atoms with Crippen molar-refractivity contribution in [2.45, 2.75) is 25.8 Å². The second kappa shape index (κ2) is 8.27. The summed E-state index contributed by atoms with van der Waals surface area (Å²) in [6, 6.07) is 0.600. The predicted octanol–water partition coefficient (Wildman–Crippen LogP) is 1.11. The molecule has 0 radical (unpaired) electrons. The number of anilines is 1. The smallest absolute Gasteiger partial charge is 0.191 e. The maximum Gasteiger partial charge on any atom is 0.191 e. The maximum absolute atomic E-state index is 4.56. The van der Waals surface area contributed by atoms with Gasteiger partial charge in [0.2, 0.25) is 0 Å². The molecule has 9 heteroatoms. The van der Waals surface area contributed by atoms with Gasteiger partial charge in [0.15, 0.2) is 11.6 Å². The summed E-state index contributed by atoms with van der Waals surface area (Å²) in [5.41, 5.74) is 0.824. The van der Waals surface area contributed by atoms with E-state index in [0.29, 0.717) is 19.1 Å². The van der Waals surface area contributed by atoms with E-state index in [-0.39, 0.29) is 24.0 Å². The van der Waals surface area contributed by atoms with Crippen LogP contribution in [0.3, 0.4) is 0 Å². The molecule has 126 valence electrons. The van der Waals surface area contributed by atoms with E-state index in [1.807, 2.05) is 7.05 Å². The maximum atomic E-state index is 4.56. The monoisotopic (exact) mass is 430 g/mol. The van der Waals surface area contributed by atoms with Crippen molar-refractivity contribution < 1.29 is 0 Å². The van der Waals surface area contributed by atoms with Crippen LogP contribution >= 0.6 is 24.0 Å². The van der Waals surface area contributed by atoms with Crippen LogP contribution in [-0.2, 0) is 7.05 Å². The topological polar surface area (TPSA) is 92.1 Å². The summed E-state index contributed by atoms with van der Waals surface area (Å²) in [5, 5.41) is 15.1. The quantitative estimate of drug-likeness (QED) is 0.275. The van der Waals surface area contributed by atoms with Crippen LogP contribution in [-0.4, -0.2) is 51.4 Å². The van der Waals surface area contributed by atoms with Crippen molar-refractivity contribution in [3.05, 3.63) is 12.5 Å². The summed E-state index contributed by atoms with van der Waals surface area (Å²) in [6.07, 6.45) is 5.80. The summed E-state index contributed by atoms with van der Waals surface area (Å²) >= 11 is 0. The van der Waals surface area contributed by atoms with E-state index in [4.69, 9.17) is 0 Å². The van der Waals surface area contributed by atoms with Gasteiger partial charge in [-0.05, 0) is 19.8 Å². The molecular weight excluding hydrogens is 407 g/mol. The highest BCUT2D eigenvalue weighted by Gasteiger charge is 2.21. The van der Waals surface area contributed by atoms with Gasteiger partial charge < -0.3 is 16.0 Å². The Bertz CT molecular complexity index is 664. The molecule has 0 bridgehead atoms. The number of rotatable bonds is 6. The lowest BCUT2D eigenvalue weighted by Crippen LogP contribution is -2.38. The van der Waals surface area contributed by atoms with Crippen LogP contribution in [0, 0.1) is 0 Å². The average Bonchev–Trinajstić information content (AvgIpc) is 3.26. The number of aryl methyl sites for hydroxylation is 1. The molecule has 0 spiro atoms. The number of guanidine groups is 1. The Kier molecular flexibility index (Phi) is 6.37. The minimum Gasteiger partial charge on any atom is -0.367 e. The molecule has 1 aliphatic carbocycles. The molecule has 0 aliphatic heterocycles. The molecule has 0 aromatic carbocycles. The molecule has 0 atom stereocenters. The fourth-order valence-corrected chi connectivity index (χ4v) is 2.19. The number of halogens is 1. The Morgan fingerprint density at radius 3 is 2.96 bits per heavy atom. The van der Waals surface area contributed by atoms with E-state index in [9.17, 15) is 0 Å². The fourth-order valence-electron chi connectivity index (χ4n) is 2.19. The largest absolute Gasteiger partial charge is 0.367 e. The van der Waals surface area contributed by atoms with Gasteiger partial charge in [-0.2, -0.15) is 5.10 Å². The van der Waals surface area contributed by atoms with Crippen molar-refractivity contribution in [2.75, 3.05) is 25.0 Å². The summed E-state index contributed by atoms with van der Waals surface area (Å²) < 4.78 is 1.74. The molecule has 2 heterocycles. The molecule has 0 saturated heterocycles. The molecule has 23 heavy (non-hydrogen) atoms.